The van der Waals surface area contributed by atoms with Gasteiger partial charge in [0.05, 0.1) is 0 Å². The average molecular weight is 223 g/mol. The highest BCUT2D eigenvalue weighted by atomic mass is 19.4. The topological polar surface area (TPSA) is 69.6 Å². The molecule has 2 N–H and O–H groups in total. The zero-order valence-corrected chi connectivity index (χ0v) is 8.04. The van der Waals surface area contributed by atoms with Crippen LogP contribution < -0.4 is 5.73 Å². The first-order chi connectivity index (χ1) is 7.03. The van der Waals surface area contributed by atoms with Crippen molar-refractivity contribution in [3.8, 4) is 0 Å². The van der Waals surface area contributed by atoms with E-state index in [-0.39, 0.29) is 5.82 Å². The minimum absolute atomic E-state index is 0.153. The third-order valence-corrected chi connectivity index (χ3v) is 1.79. The van der Waals surface area contributed by atoms with Gasteiger partial charge in [-0.3, -0.25) is 0 Å². The first-order valence-corrected chi connectivity index (χ1v) is 4.55. The van der Waals surface area contributed by atoms with Gasteiger partial charge in [0.2, 0.25) is 0 Å². The number of aryl methyl sites for hydroxylation is 1. The van der Waals surface area contributed by atoms with Crippen molar-refractivity contribution in [2.45, 2.75) is 32.0 Å². The molecule has 1 aromatic heterocycles. The molecule has 0 aliphatic heterocycles. The maximum atomic E-state index is 12.1. The summed E-state index contributed by atoms with van der Waals surface area (Å²) in [5.74, 6) is -0.153. The smallest absolute Gasteiger partial charge is 0.330 e. The van der Waals surface area contributed by atoms with Crippen LogP contribution in [-0.2, 0) is 13.0 Å². The first kappa shape index (κ1) is 11.9. The van der Waals surface area contributed by atoms with E-state index in [0.717, 1.165) is 6.42 Å². The van der Waals surface area contributed by atoms with Crippen LogP contribution in [0.3, 0.4) is 0 Å². The summed E-state index contributed by atoms with van der Waals surface area (Å²) >= 11 is 0. The number of hydrogen-bond donors (Lipinski definition) is 1. The SMILES string of the molecule is NCCCCn1nnnc1CC(F)(F)F. The summed E-state index contributed by atoms with van der Waals surface area (Å²) in [5, 5.41) is 10.0. The highest BCUT2D eigenvalue weighted by Crippen LogP contribution is 2.19. The third-order valence-electron chi connectivity index (χ3n) is 1.79. The molecule has 0 aliphatic carbocycles. The van der Waals surface area contributed by atoms with Crippen LogP contribution in [0.5, 0.6) is 0 Å². The summed E-state index contributed by atoms with van der Waals surface area (Å²) in [6, 6.07) is 0. The fourth-order valence-corrected chi connectivity index (χ4v) is 1.11. The normalized spacial score (nSPS) is 12.0. The highest BCUT2D eigenvalue weighted by molar-refractivity contribution is 4.84. The fraction of sp³-hybridized carbons (Fsp3) is 0.857. The van der Waals surface area contributed by atoms with Crippen LogP contribution in [0.25, 0.3) is 0 Å². The molecule has 0 unspecified atom stereocenters. The van der Waals surface area contributed by atoms with Gasteiger partial charge in [0.15, 0.2) is 5.82 Å². The molecular weight excluding hydrogens is 211 g/mol. The van der Waals surface area contributed by atoms with Crippen molar-refractivity contribution >= 4 is 0 Å². The van der Waals surface area contributed by atoms with Crippen LogP contribution in [-0.4, -0.2) is 32.9 Å². The Balaban J connectivity index is 2.53. The molecule has 8 heteroatoms. The molecule has 0 amide bonds. The van der Waals surface area contributed by atoms with Crippen molar-refractivity contribution in [2.75, 3.05) is 6.54 Å². The molecule has 0 radical (unpaired) electrons. The Kier molecular flexibility index (Phi) is 4.01. The Morgan fingerprint density at radius 3 is 2.60 bits per heavy atom. The summed E-state index contributed by atoms with van der Waals surface area (Å²) in [5.41, 5.74) is 5.27. The highest BCUT2D eigenvalue weighted by Gasteiger charge is 2.30. The quantitative estimate of drug-likeness (QED) is 0.739. The van der Waals surface area contributed by atoms with Crippen LogP contribution >= 0.6 is 0 Å². The van der Waals surface area contributed by atoms with Crippen molar-refractivity contribution in [1.82, 2.24) is 20.2 Å². The molecule has 0 saturated heterocycles. The second-order valence-electron chi connectivity index (χ2n) is 3.11. The van der Waals surface area contributed by atoms with E-state index >= 15 is 0 Å². The maximum absolute atomic E-state index is 12.1. The van der Waals surface area contributed by atoms with Gasteiger partial charge in [-0.2, -0.15) is 13.2 Å². The summed E-state index contributed by atoms with van der Waals surface area (Å²) in [4.78, 5) is 0. The lowest BCUT2D eigenvalue weighted by atomic mass is 10.3. The van der Waals surface area contributed by atoms with Crippen molar-refractivity contribution in [1.29, 1.82) is 0 Å². The molecule has 0 spiro atoms. The van der Waals surface area contributed by atoms with Crippen LogP contribution in [0.15, 0.2) is 0 Å². The maximum Gasteiger partial charge on any atom is 0.396 e. The van der Waals surface area contributed by atoms with Crippen molar-refractivity contribution < 1.29 is 13.2 Å². The molecule has 0 saturated carbocycles. The number of hydrogen-bond acceptors (Lipinski definition) is 4. The molecule has 15 heavy (non-hydrogen) atoms. The van der Waals surface area contributed by atoms with E-state index in [4.69, 9.17) is 5.73 Å². The molecule has 86 valence electrons. The minimum Gasteiger partial charge on any atom is -0.330 e. The summed E-state index contributed by atoms with van der Waals surface area (Å²) in [7, 11) is 0. The molecule has 1 rings (SSSR count). The fourth-order valence-electron chi connectivity index (χ4n) is 1.11. The minimum atomic E-state index is -4.28. The second-order valence-corrected chi connectivity index (χ2v) is 3.11. The van der Waals surface area contributed by atoms with E-state index in [0.29, 0.717) is 19.5 Å². The Bertz CT molecular complexity index is 295. The first-order valence-electron chi connectivity index (χ1n) is 4.55. The van der Waals surface area contributed by atoms with Crippen LogP contribution in [0, 0.1) is 0 Å². The van der Waals surface area contributed by atoms with E-state index in [1.165, 1.54) is 4.68 Å². The molecule has 0 fully saturated rings. The summed E-state index contributed by atoms with van der Waals surface area (Å²) in [6.45, 7) is 0.881. The number of tetrazole rings is 1. The van der Waals surface area contributed by atoms with E-state index in [9.17, 15) is 13.2 Å². The number of aromatic nitrogens is 4. The van der Waals surface area contributed by atoms with Crippen molar-refractivity contribution in [3.05, 3.63) is 5.82 Å². The predicted molar refractivity (Wildman–Crippen MR) is 45.9 cm³/mol. The van der Waals surface area contributed by atoms with Gasteiger partial charge in [0, 0.05) is 6.54 Å². The van der Waals surface area contributed by atoms with Crippen molar-refractivity contribution in [3.63, 3.8) is 0 Å². The van der Waals surface area contributed by atoms with E-state index in [1.807, 2.05) is 0 Å². The Labute approximate surface area is 84.4 Å². The zero-order chi connectivity index (χ0) is 11.3. The summed E-state index contributed by atoms with van der Waals surface area (Å²) in [6.07, 6.45) is -3.96. The lowest BCUT2D eigenvalue weighted by molar-refractivity contribution is -0.129. The van der Waals surface area contributed by atoms with Gasteiger partial charge in [-0.05, 0) is 29.8 Å². The number of halogens is 3. The van der Waals surface area contributed by atoms with Crippen molar-refractivity contribution in [2.24, 2.45) is 5.73 Å². The van der Waals surface area contributed by atoms with E-state index in [2.05, 4.69) is 15.5 Å². The van der Waals surface area contributed by atoms with Gasteiger partial charge in [-0.25, -0.2) is 4.68 Å². The van der Waals surface area contributed by atoms with E-state index in [1.54, 1.807) is 0 Å². The molecular formula is C7H12F3N5. The van der Waals surface area contributed by atoms with Gasteiger partial charge in [-0.1, -0.05) is 0 Å². The van der Waals surface area contributed by atoms with Crippen LogP contribution in [0.4, 0.5) is 13.2 Å². The van der Waals surface area contributed by atoms with Gasteiger partial charge < -0.3 is 5.73 Å². The number of alkyl halides is 3. The largest absolute Gasteiger partial charge is 0.396 e. The van der Waals surface area contributed by atoms with Gasteiger partial charge >= 0.3 is 6.18 Å². The lowest BCUT2D eigenvalue weighted by Gasteiger charge is -2.06. The summed E-state index contributed by atoms with van der Waals surface area (Å²) < 4.78 is 37.3. The third kappa shape index (κ3) is 4.24. The monoisotopic (exact) mass is 223 g/mol. The van der Waals surface area contributed by atoms with E-state index < -0.39 is 12.6 Å². The Hall–Kier alpha value is -1.18. The number of nitrogens with two attached hydrogens (primary N) is 1. The molecule has 0 atom stereocenters. The zero-order valence-electron chi connectivity index (χ0n) is 8.04. The number of nitrogens with zero attached hydrogens (tertiary/aromatic N) is 4. The van der Waals surface area contributed by atoms with Crippen LogP contribution in [0.1, 0.15) is 18.7 Å². The second kappa shape index (κ2) is 5.06. The lowest BCUT2D eigenvalue weighted by Crippen LogP contribution is -2.17. The molecule has 0 aromatic carbocycles. The number of rotatable bonds is 5. The Morgan fingerprint density at radius 2 is 2.00 bits per heavy atom. The number of unbranched alkanes of at least 4 members (excludes halogenated alkanes) is 1. The predicted octanol–water partition coefficient (Wildman–Crippen LogP) is 0.517. The molecule has 5 nitrogen and oxygen atoms in total. The van der Waals surface area contributed by atoms with Gasteiger partial charge in [0.1, 0.15) is 6.42 Å². The van der Waals surface area contributed by atoms with Crippen LogP contribution in [0.2, 0.25) is 0 Å². The molecule has 1 aromatic rings. The Morgan fingerprint density at radius 1 is 1.27 bits per heavy atom. The molecule has 0 aliphatic rings. The molecule has 0 bridgehead atoms. The standard InChI is InChI=1S/C7H12F3N5/c8-7(9,10)5-6-12-13-14-15(6)4-2-1-3-11/h1-5,11H2. The average Bonchev–Trinajstić information content (AvgIpc) is 2.50. The molecule has 1 heterocycles. The van der Waals surface area contributed by atoms with Gasteiger partial charge in [0.25, 0.3) is 0 Å². The van der Waals surface area contributed by atoms with Gasteiger partial charge in [-0.15, -0.1) is 5.10 Å².